The first-order valence-electron chi connectivity index (χ1n) is 5.51. The minimum Gasteiger partial charge on any atom is -0.310 e. The lowest BCUT2D eigenvalue weighted by atomic mass is 10.1. The molecule has 0 bridgehead atoms. The summed E-state index contributed by atoms with van der Waals surface area (Å²) in [5.41, 5.74) is 1.92. The Balaban J connectivity index is 2.57. The Bertz CT molecular complexity index is 339. The minimum atomic E-state index is 0.324. The molecule has 0 aromatic heterocycles. The highest BCUT2D eigenvalue weighted by atomic mass is 14.9. The van der Waals surface area contributed by atoms with Gasteiger partial charge in [0, 0.05) is 6.04 Å². The number of nitrogens with zero attached hydrogens (tertiary/aromatic N) is 1. The molecule has 1 aromatic carbocycles. The highest BCUT2D eigenvalue weighted by Crippen LogP contribution is 2.13. The molecule has 1 N–H and O–H groups in total. The van der Waals surface area contributed by atoms with Crippen LogP contribution in [0.3, 0.4) is 0 Å². The van der Waals surface area contributed by atoms with Crippen molar-refractivity contribution >= 4 is 0 Å². The van der Waals surface area contributed by atoms with Gasteiger partial charge in [-0.2, -0.15) is 5.26 Å². The van der Waals surface area contributed by atoms with E-state index >= 15 is 0 Å². The van der Waals surface area contributed by atoms with Crippen molar-refractivity contribution < 1.29 is 0 Å². The zero-order chi connectivity index (χ0) is 11.1. The molecule has 0 saturated carbocycles. The maximum atomic E-state index is 8.79. The third-order valence-corrected chi connectivity index (χ3v) is 2.50. The Kier molecular flexibility index (Phi) is 4.86. The van der Waals surface area contributed by atoms with Gasteiger partial charge in [0.1, 0.15) is 0 Å². The fourth-order valence-electron chi connectivity index (χ4n) is 1.49. The second kappa shape index (κ2) is 6.21. The molecule has 1 rings (SSSR count). The van der Waals surface area contributed by atoms with Gasteiger partial charge in [0.15, 0.2) is 0 Å². The van der Waals surface area contributed by atoms with Gasteiger partial charge in [0.25, 0.3) is 0 Å². The number of benzene rings is 1. The van der Waals surface area contributed by atoms with E-state index in [1.54, 1.807) is 0 Å². The minimum absolute atomic E-state index is 0.324. The summed E-state index contributed by atoms with van der Waals surface area (Å²) >= 11 is 0. The highest BCUT2D eigenvalue weighted by molar-refractivity contribution is 5.33. The molecule has 0 saturated heterocycles. The topological polar surface area (TPSA) is 35.8 Å². The van der Waals surface area contributed by atoms with Gasteiger partial charge in [-0.15, -0.1) is 0 Å². The fraction of sp³-hybridized carbons (Fsp3) is 0.462. The van der Waals surface area contributed by atoms with Crippen molar-refractivity contribution in [2.75, 3.05) is 6.54 Å². The standard InChI is InChI=1S/C13H18N2/c1-3-4-8-15-11(2)13-7-5-6-12(9-13)10-14/h5-7,9,11,15H,3-4,8H2,1-2H3. The van der Waals surface area contributed by atoms with Gasteiger partial charge in [-0.05, 0) is 37.6 Å². The Morgan fingerprint density at radius 3 is 2.93 bits per heavy atom. The quantitative estimate of drug-likeness (QED) is 0.745. The van der Waals surface area contributed by atoms with Gasteiger partial charge in [0.2, 0.25) is 0 Å². The SMILES string of the molecule is CCCCNC(C)c1cccc(C#N)c1. The van der Waals surface area contributed by atoms with E-state index in [-0.39, 0.29) is 0 Å². The Morgan fingerprint density at radius 1 is 1.47 bits per heavy atom. The lowest BCUT2D eigenvalue weighted by Crippen LogP contribution is -2.19. The van der Waals surface area contributed by atoms with Crippen molar-refractivity contribution in [2.24, 2.45) is 0 Å². The van der Waals surface area contributed by atoms with Crippen molar-refractivity contribution in [1.82, 2.24) is 5.32 Å². The van der Waals surface area contributed by atoms with Crippen LogP contribution < -0.4 is 5.32 Å². The summed E-state index contributed by atoms with van der Waals surface area (Å²) in [7, 11) is 0. The maximum Gasteiger partial charge on any atom is 0.0991 e. The summed E-state index contributed by atoms with van der Waals surface area (Å²) < 4.78 is 0. The molecule has 0 heterocycles. The Morgan fingerprint density at radius 2 is 2.27 bits per heavy atom. The molecule has 15 heavy (non-hydrogen) atoms. The van der Waals surface area contributed by atoms with Crippen LogP contribution in [0.4, 0.5) is 0 Å². The first kappa shape index (κ1) is 11.7. The van der Waals surface area contributed by atoms with Gasteiger partial charge in [-0.3, -0.25) is 0 Å². The number of rotatable bonds is 5. The molecule has 1 atom stereocenters. The van der Waals surface area contributed by atoms with E-state index in [0.717, 1.165) is 12.1 Å². The van der Waals surface area contributed by atoms with E-state index in [1.165, 1.54) is 18.4 Å². The molecule has 0 aliphatic heterocycles. The monoisotopic (exact) mass is 202 g/mol. The van der Waals surface area contributed by atoms with E-state index in [1.807, 2.05) is 18.2 Å². The molecule has 0 aliphatic carbocycles. The number of nitrogens with one attached hydrogen (secondary N) is 1. The van der Waals surface area contributed by atoms with E-state index < -0.39 is 0 Å². The van der Waals surface area contributed by atoms with Crippen LogP contribution in [0.1, 0.15) is 43.9 Å². The number of nitriles is 1. The third kappa shape index (κ3) is 3.73. The first-order chi connectivity index (χ1) is 7.27. The van der Waals surface area contributed by atoms with Gasteiger partial charge >= 0.3 is 0 Å². The zero-order valence-corrected chi connectivity index (χ0v) is 9.46. The molecule has 2 nitrogen and oxygen atoms in total. The second-order valence-corrected chi connectivity index (χ2v) is 3.77. The van der Waals surface area contributed by atoms with Crippen molar-refractivity contribution in [3.05, 3.63) is 35.4 Å². The summed E-state index contributed by atoms with van der Waals surface area (Å²) in [5.74, 6) is 0. The van der Waals surface area contributed by atoms with E-state index in [9.17, 15) is 0 Å². The largest absolute Gasteiger partial charge is 0.310 e. The summed E-state index contributed by atoms with van der Waals surface area (Å²) in [6, 6.07) is 10.3. The maximum absolute atomic E-state index is 8.79. The average Bonchev–Trinajstić information content (AvgIpc) is 2.29. The lowest BCUT2D eigenvalue weighted by molar-refractivity contribution is 0.554. The van der Waals surface area contributed by atoms with Gasteiger partial charge in [-0.25, -0.2) is 0 Å². The van der Waals surface area contributed by atoms with Crippen LogP contribution in [-0.4, -0.2) is 6.54 Å². The molecule has 2 heteroatoms. The van der Waals surface area contributed by atoms with Crippen molar-refractivity contribution in [1.29, 1.82) is 5.26 Å². The molecule has 80 valence electrons. The molecule has 0 amide bonds. The third-order valence-electron chi connectivity index (χ3n) is 2.50. The Hall–Kier alpha value is -1.33. The van der Waals surface area contributed by atoms with Crippen LogP contribution >= 0.6 is 0 Å². The smallest absolute Gasteiger partial charge is 0.0991 e. The van der Waals surface area contributed by atoms with E-state index in [0.29, 0.717) is 6.04 Å². The molecule has 0 spiro atoms. The van der Waals surface area contributed by atoms with Crippen LogP contribution in [0.15, 0.2) is 24.3 Å². The first-order valence-corrected chi connectivity index (χ1v) is 5.51. The zero-order valence-electron chi connectivity index (χ0n) is 9.46. The molecular formula is C13H18N2. The average molecular weight is 202 g/mol. The number of hydrogen-bond donors (Lipinski definition) is 1. The number of unbranched alkanes of at least 4 members (excludes halogenated alkanes) is 1. The summed E-state index contributed by atoms with van der Waals surface area (Å²) in [5, 5.41) is 12.2. The van der Waals surface area contributed by atoms with Crippen LogP contribution in [0.2, 0.25) is 0 Å². The van der Waals surface area contributed by atoms with Crippen LogP contribution in [0.25, 0.3) is 0 Å². The normalized spacial score (nSPS) is 12.1. The molecule has 1 aromatic rings. The summed E-state index contributed by atoms with van der Waals surface area (Å²) in [6.45, 7) is 5.35. The second-order valence-electron chi connectivity index (χ2n) is 3.77. The molecule has 0 radical (unpaired) electrons. The van der Waals surface area contributed by atoms with Crippen molar-refractivity contribution in [3.8, 4) is 6.07 Å². The van der Waals surface area contributed by atoms with Crippen LogP contribution in [0, 0.1) is 11.3 Å². The van der Waals surface area contributed by atoms with Crippen molar-refractivity contribution in [3.63, 3.8) is 0 Å². The molecular weight excluding hydrogens is 184 g/mol. The van der Waals surface area contributed by atoms with Gasteiger partial charge < -0.3 is 5.32 Å². The summed E-state index contributed by atoms with van der Waals surface area (Å²) in [6.07, 6.45) is 2.40. The molecule has 0 aliphatic rings. The van der Waals surface area contributed by atoms with E-state index in [2.05, 4.69) is 31.3 Å². The predicted octanol–water partition coefficient (Wildman–Crippen LogP) is 3.01. The molecule has 1 unspecified atom stereocenters. The van der Waals surface area contributed by atoms with Crippen molar-refractivity contribution in [2.45, 2.75) is 32.7 Å². The fourth-order valence-corrected chi connectivity index (χ4v) is 1.49. The molecule has 0 fully saturated rings. The van der Waals surface area contributed by atoms with Gasteiger partial charge in [0.05, 0.1) is 11.6 Å². The predicted molar refractivity (Wildman–Crippen MR) is 62.5 cm³/mol. The summed E-state index contributed by atoms with van der Waals surface area (Å²) in [4.78, 5) is 0. The Labute approximate surface area is 91.9 Å². The van der Waals surface area contributed by atoms with Gasteiger partial charge in [-0.1, -0.05) is 25.5 Å². The van der Waals surface area contributed by atoms with E-state index in [4.69, 9.17) is 5.26 Å². The number of hydrogen-bond acceptors (Lipinski definition) is 2. The van der Waals surface area contributed by atoms with Crippen LogP contribution in [-0.2, 0) is 0 Å². The lowest BCUT2D eigenvalue weighted by Gasteiger charge is -2.13. The highest BCUT2D eigenvalue weighted by Gasteiger charge is 2.04. The van der Waals surface area contributed by atoms with Crippen LogP contribution in [0.5, 0.6) is 0 Å².